The van der Waals surface area contributed by atoms with Crippen LogP contribution in [0.2, 0.25) is 0 Å². The summed E-state index contributed by atoms with van der Waals surface area (Å²) in [6.45, 7) is 0. The lowest BCUT2D eigenvalue weighted by Gasteiger charge is -2.06. The van der Waals surface area contributed by atoms with Crippen molar-refractivity contribution in [2.24, 2.45) is 0 Å². The number of aromatic nitrogens is 2. The number of carbonyl (C=O) groups is 3. The zero-order chi connectivity index (χ0) is 15.1. The molecule has 1 aliphatic heterocycles. The third-order valence-corrected chi connectivity index (χ3v) is 3.18. The van der Waals surface area contributed by atoms with E-state index >= 15 is 0 Å². The van der Waals surface area contributed by atoms with Crippen molar-refractivity contribution in [3.8, 4) is 5.69 Å². The lowest BCUT2D eigenvalue weighted by Crippen LogP contribution is -2.19. The van der Waals surface area contributed by atoms with Crippen LogP contribution in [0.4, 0.5) is 5.82 Å². The van der Waals surface area contributed by atoms with Crippen LogP contribution in [0.5, 0.6) is 0 Å². The molecule has 1 aromatic carbocycles. The molecule has 0 fully saturated rings. The van der Waals surface area contributed by atoms with Gasteiger partial charge in [0.1, 0.15) is 12.1 Å². The summed E-state index contributed by atoms with van der Waals surface area (Å²) in [7, 11) is 1.23. The molecule has 0 spiro atoms. The van der Waals surface area contributed by atoms with Crippen molar-refractivity contribution in [3.63, 3.8) is 0 Å². The Morgan fingerprint density at radius 1 is 1.29 bits per heavy atom. The molecule has 0 atom stereocenters. The molecular weight excluding hydrogens is 276 g/mol. The summed E-state index contributed by atoms with van der Waals surface area (Å²) in [5.41, 5.74) is 6.90. The number of imidazole rings is 1. The van der Waals surface area contributed by atoms with Crippen molar-refractivity contribution in [2.75, 3.05) is 12.8 Å². The van der Waals surface area contributed by atoms with E-state index < -0.39 is 17.8 Å². The average Bonchev–Trinajstić information content (AvgIpc) is 2.99. The molecule has 0 saturated heterocycles. The summed E-state index contributed by atoms with van der Waals surface area (Å²) < 4.78 is 6.00. The van der Waals surface area contributed by atoms with Gasteiger partial charge in [0.15, 0.2) is 5.69 Å². The van der Waals surface area contributed by atoms with Crippen LogP contribution in [0.3, 0.4) is 0 Å². The second-order valence-corrected chi connectivity index (χ2v) is 4.35. The van der Waals surface area contributed by atoms with E-state index in [9.17, 15) is 14.4 Å². The lowest BCUT2D eigenvalue weighted by molar-refractivity contribution is 0.0595. The highest BCUT2D eigenvalue weighted by Crippen LogP contribution is 2.23. The second kappa shape index (κ2) is 4.44. The Hall–Kier alpha value is -3.16. The molecule has 3 rings (SSSR count). The van der Waals surface area contributed by atoms with Crippen molar-refractivity contribution in [1.82, 2.24) is 14.9 Å². The van der Waals surface area contributed by atoms with Gasteiger partial charge in [-0.1, -0.05) is 0 Å². The number of hydrogen-bond donors (Lipinski definition) is 2. The number of amides is 2. The lowest BCUT2D eigenvalue weighted by atomic mass is 10.1. The van der Waals surface area contributed by atoms with Crippen LogP contribution < -0.4 is 11.1 Å². The first-order chi connectivity index (χ1) is 10.0. The Kier molecular flexibility index (Phi) is 2.72. The number of nitrogens with zero attached hydrogens (tertiary/aromatic N) is 2. The third kappa shape index (κ3) is 1.84. The van der Waals surface area contributed by atoms with Crippen molar-refractivity contribution < 1.29 is 19.1 Å². The predicted molar refractivity (Wildman–Crippen MR) is 71.1 cm³/mol. The average molecular weight is 286 g/mol. The summed E-state index contributed by atoms with van der Waals surface area (Å²) in [5.74, 6) is -1.47. The van der Waals surface area contributed by atoms with Crippen LogP contribution in [0.15, 0.2) is 24.5 Å². The van der Waals surface area contributed by atoms with E-state index in [1.165, 1.54) is 30.1 Å². The molecule has 1 aromatic heterocycles. The predicted octanol–water partition coefficient (Wildman–Crippen LogP) is 0.125. The van der Waals surface area contributed by atoms with E-state index in [0.717, 1.165) is 0 Å². The van der Waals surface area contributed by atoms with E-state index in [2.05, 4.69) is 15.0 Å². The minimum Gasteiger partial charge on any atom is -0.464 e. The molecule has 106 valence electrons. The molecule has 2 aromatic rings. The van der Waals surface area contributed by atoms with E-state index in [1.54, 1.807) is 6.07 Å². The number of esters is 1. The Balaban J connectivity index is 2.09. The first-order valence-electron chi connectivity index (χ1n) is 5.94. The quantitative estimate of drug-likeness (QED) is 0.598. The molecule has 3 N–H and O–H groups in total. The molecule has 0 unspecified atom stereocenters. The summed E-state index contributed by atoms with van der Waals surface area (Å²) in [6.07, 6.45) is 1.35. The Morgan fingerprint density at radius 2 is 2.00 bits per heavy atom. The molecule has 2 heterocycles. The number of nitrogen functional groups attached to an aromatic ring is 1. The number of imide groups is 1. The van der Waals surface area contributed by atoms with Gasteiger partial charge in [-0.2, -0.15) is 0 Å². The number of ether oxygens (including phenoxy) is 1. The Bertz CT molecular complexity index is 793. The van der Waals surface area contributed by atoms with Gasteiger partial charge in [-0.3, -0.25) is 19.5 Å². The Labute approximate surface area is 118 Å². The van der Waals surface area contributed by atoms with Gasteiger partial charge in [-0.05, 0) is 18.2 Å². The molecule has 0 aliphatic carbocycles. The molecule has 8 nitrogen and oxygen atoms in total. The zero-order valence-electron chi connectivity index (χ0n) is 10.9. The van der Waals surface area contributed by atoms with Crippen LogP contribution in [0.25, 0.3) is 5.69 Å². The van der Waals surface area contributed by atoms with Crippen LogP contribution in [0.1, 0.15) is 31.2 Å². The van der Waals surface area contributed by atoms with Gasteiger partial charge in [0, 0.05) is 5.69 Å². The monoisotopic (exact) mass is 286 g/mol. The van der Waals surface area contributed by atoms with E-state index in [4.69, 9.17) is 5.73 Å². The molecular formula is C13H10N4O4. The molecule has 21 heavy (non-hydrogen) atoms. The molecule has 8 heteroatoms. The highest BCUT2D eigenvalue weighted by atomic mass is 16.5. The number of anilines is 1. The Morgan fingerprint density at radius 3 is 2.71 bits per heavy atom. The normalized spacial score (nSPS) is 13.0. The summed E-state index contributed by atoms with van der Waals surface area (Å²) in [4.78, 5) is 38.5. The fourth-order valence-corrected chi connectivity index (χ4v) is 2.12. The summed E-state index contributed by atoms with van der Waals surface area (Å²) in [6, 6.07) is 4.63. The molecule has 0 radical (unpaired) electrons. The number of nitrogens with two attached hydrogens (primary N) is 1. The van der Waals surface area contributed by atoms with E-state index in [0.29, 0.717) is 11.3 Å². The van der Waals surface area contributed by atoms with Crippen molar-refractivity contribution in [3.05, 3.63) is 41.3 Å². The molecule has 0 bridgehead atoms. The maximum Gasteiger partial charge on any atom is 0.360 e. The van der Waals surface area contributed by atoms with Gasteiger partial charge in [0.25, 0.3) is 11.8 Å². The minimum absolute atomic E-state index is 0.0153. The van der Waals surface area contributed by atoms with E-state index in [1.807, 2.05) is 0 Å². The van der Waals surface area contributed by atoms with Gasteiger partial charge in [-0.25, -0.2) is 9.78 Å². The van der Waals surface area contributed by atoms with Gasteiger partial charge < -0.3 is 10.5 Å². The summed E-state index contributed by atoms with van der Waals surface area (Å²) in [5, 5.41) is 2.20. The highest BCUT2D eigenvalue weighted by Gasteiger charge is 2.27. The first kappa shape index (κ1) is 12.9. The van der Waals surface area contributed by atoms with Crippen LogP contribution >= 0.6 is 0 Å². The number of carbonyl (C=O) groups excluding carboxylic acids is 3. The topological polar surface area (TPSA) is 116 Å². The second-order valence-electron chi connectivity index (χ2n) is 4.35. The zero-order valence-corrected chi connectivity index (χ0v) is 10.9. The number of methoxy groups -OCH3 is 1. The molecule has 0 saturated carbocycles. The van der Waals surface area contributed by atoms with Crippen molar-refractivity contribution in [1.29, 1.82) is 0 Å². The highest BCUT2D eigenvalue weighted by molar-refractivity contribution is 6.21. The smallest absolute Gasteiger partial charge is 0.360 e. The maximum absolute atomic E-state index is 11.6. The van der Waals surface area contributed by atoms with Crippen LogP contribution in [-0.4, -0.2) is 34.4 Å². The minimum atomic E-state index is -0.652. The van der Waals surface area contributed by atoms with Gasteiger partial charge in [0.2, 0.25) is 0 Å². The van der Waals surface area contributed by atoms with Crippen LogP contribution in [0, 0.1) is 0 Å². The van der Waals surface area contributed by atoms with Crippen LogP contribution in [-0.2, 0) is 4.74 Å². The van der Waals surface area contributed by atoms with Crippen molar-refractivity contribution in [2.45, 2.75) is 0 Å². The molecule has 2 amide bonds. The third-order valence-electron chi connectivity index (χ3n) is 3.18. The van der Waals surface area contributed by atoms with E-state index in [-0.39, 0.29) is 17.1 Å². The number of nitrogens with one attached hydrogen (secondary N) is 1. The number of hydrogen-bond acceptors (Lipinski definition) is 6. The van der Waals surface area contributed by atoms with Gasteiger partial charge in [0.05, 0.1) is 18.2 Å². The van der Waals surface area contributed by atoms with Gasteiger partial charge >= 0.3 is 5.97 Å². The fraction of sp³-hybridized carbons (Fsp3) is 0.0769. The fourth-order valence-electron chi connectivity index (χ4n) is 2.12. The number of benzene rings is 1. The standard InChI is InChI=1S/C13H10N4O4/c1-21-13(20)9-10(14)17(5-15-9)6-2-3-7-8(4-6)12(19)16-11(7)18/h2-5H,14H2,1H3,(H,16,18,19). The largest absolute Gasteiger partial charge is 0.464 e. The number of rotatable bonds is 2. The van der Waals surface area contributed by atoms with Crippen molar-refractivity contribution >= 4 is 23.6 Å². The first-order valence-corrected chi connectivity index (χ1v) is 5.94. The maximum atomic E-state index is 11.6. The van der Waals surface area contributed by atoms with Gasteiger partial charge in [-0.15, -0.1) is 0 Å². The molecule has 1 aliphatic rings. The summed E-state index contributed by atoms with van der Waals surface area (Å²) >= 11 is 0. The SMILES string of the molecule is COC(=O)c1ncn(-c2ccc3c(c2)C(=O)NC3=O)c1N. The number of fused-ring (bicyclic) bond motifs is 1.